The van der Waals surface area contributed by atoms with E-state index in [4.69, 9.17) is 0 Å². The van der Waals surface area contributed by atoms with Crippen LogP contribution in [0.1, 0.15) is 15.9 Å². The molecule has 2 N–H and O–H groups in total. The van der Waals surface area contributed by atoms with Crippen molar-refractivity contribution in [1.29, 1.82) is 0 Å². The van der Waals surface area contributed by atoms with E-state index in [1.807, 2.05) is 18.2 Å². The summed E-state index contributed by atoms with van der Waals surface area (Å²) in [5.41, 5.74) is 2.59. The minimum Gasteiger partial charge on any atom is -0.494 e. The lowest BCUT2D eigenvalue weighted by atomic mass is 10.0. The van der Waals surface area contributed by atoms with Gasteiger partial charge in [0, 0.05) is 19.9 Å². The lowest BCUT2D eigenvalue weighted by molar-refractivity contribution is 0.107. The number of hydrogen-bond acceptors (Lipinski definition) is 3. The van der Waals surface area contributed by atoms with Gasteiger partial charge in [-0.25, -0.2) is 4.99 Å². The van der Waals surface area contributed by atoms with Crippen LogP contribution in [-0.4, -0.2) is 21.6 Å². The largest absolute Gasteiger partial charge is 0.494 e. The second-order valence-electron chi connectivity index (χ2n) is 4.96. The highest BCUT2D eigenvalue weighted by Crippen LogP contribution is 2.37. The quantitative estimate of drug-likeness (QED) is 0.599. The van der Waals surface area contributed by atoms with Crippen LogP contribution in [-0.2, 0) is 0 Å². The molecule has 0 saturated carbocycles. The molecule has 0 aliphatic carbocycles. The third-order valence-corrected chi connectivity index (χ3v) is 4.81. The van der Waals surface area contributed by atoms with E-state index in [1.165, 1.54) is 0 Å². The van der Waals surface area contributed by atoms with E-state index in [0.29, 0.717) is 16.8 Å². The van der Waals surface area contributed by atoms with Gasteiger partial charge in [-0.1, -0.05) is 28.1 Å². The second-order valence-corrected chi connectivity index (χ2v) is 6.73. The molecule has 4 rings (SSSR count). The topological polar surface area (TPSA) is 65.4 Å². The molecule has 108 valence electrons. The molecule has 1 aliphatic rings. The summed E-state index contributed by atoms with van der Waals surface area (Å²) in [5, 5.41) is 11.0. The molecule has 0 radical (unpaired) electrons. The Balaban J connectivity index is 1.98. The van der Waals surface area contributed by atoms with Crippen LogP contribution in [0.25, 0.3) is 10.9 Å². The van der Waals surface area contributed by atoms with E-state index in [9.17, 15) is 9.90 Å². The van der Waals surface area contributed by atoms with Crippen molar-refractivity contribution < 1.29 is 9.90 Å². The highest BCUT2D eigenvalue weighted by molar-refractivity contribution is 9.11. The number of Topliss-reactive ketones (excluding diaryl/α,β-unsaturated/α-hetero) is 1. The monoisotopic (exact) mass is 418 g/mol. The average molecular weight is 420 g/mol. The second kappa shape index (κ2) is 4.79. The molecule has 22 heavy (non-hydrogen) atoms. The van der Waals surface area contributed by atoms with Crippen LogP contribution in [0.5, 0.6) is 5.88 Å². The molecule has 2 heterocycles. The van der Waals surface area contributed by atoms with Crippen LogP contribution in [0.3, 0.4) is 0 Å². The summed E-state index contributed by atoms with van der Waals surface area (Å²) in [7, 11) is 0. The maximum Gasteiger partial charge on any atom is 0.214 e. The molecule has 3 aromatic rings. The number of rotatable bonds is 1. The number of carbonyl (C=O) groups is 1. The number of hydrogen-bond donors (Lipinski definition) is 2. The van der Waals surface area contributed by atoms with Gasteiger partial charge in [-0.2, -0.15) is 0 Å². The fraction of sp³-hybridized carbons (Fsp3) is 0. The summed E-state index contributed by atoms with van der Waals surface area (Å²) in [4.78, 5) is 19.9. The highest BCUT2D eigenvalue weighted by Gasteiger charge is 2.30. The average Bonchev–Trinajstić information content (AvgIpc) is 2.97. The SMILES string of the molecule is O=C1C(c2c(O)[nH]c3c(Br)cccc23)=Nc2cc(Br)ccc21. The van der Waals surface area contributed by atoms with Crippen LogP contribution in [0.15, 0.2) is 50.3 Å². The number of fused-ring (bicyclic) bond motifs is 2. The predicted octanol–water partition coefficient (Wildman–Crippen LogP) is 4.72. The van der Waals surface area contributed by atoms with Gasteiger partial charge in [0.2, 0.25) is 5.78 Å². The zero-order valence-electron chi connectivity index (χ0n) is 11.0. The Morgan fingerprint density at radius 2 is 1.95 bits per heavy atom. The van der Waals surface area contributed by atoms with Crippen molar-refractivity contribution >= 4 is 59.9 Å². The van der Waals surface area contributed by atoms with Gasteiger partial charge in [0.05, 0.1) is 16.8 Å². The van der Waals surface area contributed by atoms with Crippen LogP contribution in [0.4, 0.5) is 5.69 Å². The molecule has 0 fully saturated rings. The fourth-order valence-electron chi connectivity index (χ4n) is 2.67. The predicted molar refractivity (Wildman–Crippen MR) is 92.3 cm³/mol. The van der Waals surface area contributed by atoms with Crippen LogP contribution in [0, 0.1) is 0 Å². The lowest BCUT2D eigenvalue weighted by Crippen LogP contribution is -2.10. The zero-order chi connectivity index (χ0) is 15.4. The molecular formula is C16H8Br2N2O2. The van der Waals surface area contributed by atoms with E-state index >= 15 is 0 Å². The van der Waals surface area contributed by atoms with E-state index in [2.05, 4.69) is 41.8 Å². The van der Waals surface area contributed by atoms with E-state index in [-0.39, 0.29) is 17.4 Å². The van der Waals surface area contributed by atoms with Crippen LogP contribution in [0.2, 0.25) is 0 Å². The third-order valence-electron chi connectivity index (χ3n) is 3.65. The fourth-order valence-corrected chi connectivity index (χ4v) is 3.48. The van der Waals surface area contributed by atoms with Crippen molar-refractivity contribution in [2.75, 3.05) is 0 Å². The molecule has 1 aromatic heterocycles. The number of ketones is 1. The van der Waals surface area contributed by atoms with Crippen molar-refractivity contribution in [3.8, 4) is 5.88 Å². The maximum absolute atomic E-state index is 12.6. The number of para-hydroxylation sites is 1. The summed E-state index contributed by atoms with van der Waals surface area (Å²) in [5.74, 6) is -0.237. The first kappa shape index (κ1) is 13.7. The van der Waals surface area contributed by atoms with Crippen molar-refractivity contribution in [1.82, 2.24) is 4.98 Å². The molecule has 0 bridgehead atoms. The number of aromatic nitrogens is 1. The van der Waals surface area contributed by atoms with Gasteiger partial charge < -0.3 is 10.1 Å². The van der Waals surface area contributed by atoms with E-state index in [1.54, 1.807) is 18.2 Å². The standard InChI is InChI=1S/C16H8Br2N2O2/c17-7-4-5-8-11(6-7)19-14(15(8)21)12-9-2-1-3-10(18)13(9)20-16(12)22/h1-6,20,22H. The number of nitrogens with zero attached hydrogens (tertiary/aromatic N) is 1. The number of halogens is 2. The Labute approximate surface area is 142 Å². The molecule has 0 unspecified atom stereocenters. The van der Waals surface area contributed by atoms with Crippen molar-refractivity contribution in [2.45, 2.75) is 0 Å². The number of H-pyrrole nitrogens is 1. The van der Waals surface area contributed by atoms with Crippen molar-refractivity contribution in [3.05, 3.63) is 56.5 Å². The summed E-state index contributed by atoms with van der Waals surface area (Å²) >= 11 is 6.81. The third kappa shape index (κ3) is 1.87. The maximum atomic E-state index is 12.6. The minimum absolute atomic E-state index is 0.0547. The normalized spacial score (nSPS) is 13.5. The Kier molecular flexibility index (Phi) is 2.99. The van der Waals surface area contributed by atoms with Crippen LogP contribution >= 0.6 is 31.9 Å². The summed E-state index contributed by atoms with van der Waals surface area (Å²) in [6, 6.07) is 10.9. The molecule has 4 nitrogen and oxygen atoms in total. The van der Waals surface area contributed by atoms with Gasteiger partial charge in [-0.15, -0.1) is 0 Å². The molecule has 0 amide bonds. The number of benzene rings is 2. The molecule has 0 atom stereocenters. The Morgan fingerprint density at radius 1 is 1.14 bits per heavy atom. The smallest absolute Gasteiger partial charge is 0.214 e. The first-order valence-electron chi connectivity index (χ1n) is 6.48. The van der Waals surface area contributed by atoms with E-state index in [0.717, 1.165) is 19.8 Å². The van der Waals surface area contributed by atoms with Crippen LogP contribution < -0.4 is 0 Å². The minimum atomic E-state index is -0.182. The van der Waals surface area contributed by atoms with Crippen molar-refractivity contribution in [2.24, 2.45) is 4.99 Å². The molecule has 1 aliphatic heterocycles. The Morgan fingerprint density at radius 3 is 2.77 bits per heavy atom. The van der Waals surface area contributed by atoms with E-state index < -0.39 is 0 Å². The number of aromatic amines is 1. The molecule has 0 spiro atoms. The first-order valence-corrected chi connectivity index (χ1v) is 8.07. The molecule has 2 aromatic carbocycles. The first-order chi connectivity index (χ1) is 10.6. The van der Waals surface area contributed by atoms with Gasteiger partial charge in [-0.05, 0) is 40.2 Å². The zero-order valence-corrected chi connectivity index (χ0v) is 14.2. The number of aliphatic imine (C=N–C) groups is 1. The number of aromatic hydroxyl groups is 1. The number of carbonyl (C=O) groups excluding carboxylic acids is 1. The Bertz CT molecular complexity index is 989. The molecular weight excluding hydrogens is 412 g/mol. The van der Waals surface area contributed by atoms with Gasteiger partial charge in [0.1, 0.15) is 5.71 Å². The lowest BCUT2D eigenvalue weighted by Gasteiger charge is -1.99. The Hall–Kier alpha value is -1.92. The highest BCUT2D eigenvalue weighted by atomic mass is 79.9. The van der Waals surface area contributed by atoms with Gasteiger partial charge in [0.15, 0.2) is 5.88 Å². The van der Waals surface area contributed by atoms with Gasteiger partial charge in [0.25, 0.3) is 0 Å². The summed E-state index contributed by atoms with van der Waals surface area (Å²) < 4.78 is 1.67. The molecule has 0 saturated heterocycles. The summed E-state index contributed by atoms with van der Waals surface area (Å²) in [6.45, 7) is 0. The summed E-state index contributed by atoms with van der Waals surface area (Å²) in [6.07, 6.45) is 0. The van der Waals surface area contributed by atoms with Crippen molar-refractivity contribution in [3.63, 3.8) is 0 Å². The van der Waals surface area contributed by atoms with Gasteiger partial charge >= 0.3 is 0 Å². The van der Waals surface area contributed by atoms with Gasteiger partial charge in [-0.3, -0.25) is 4.79 Å². The number of nitrogens with one attached hydrogen (secondary N) is 1. The molecule has 6 heteroatoms.